The van der Waals surface area contributed by atoms with E-state index < -0.39 is 41.6 Å². The fourth-order valence-electron chi connectivity index (χ4n) is 4.65. The van der Waals surface area contributed by atoms with Crippen molar-refractivity contribution in [2.24, 2.45) is 5.92 Å². The molecule has 0 radical (unpaired) electrons. The van der Waals surface area contributed by atoms with Crippen LogP contribution in [0.2, 0.25) is 0 Å². The van der Waals surface area contributed by atoms with Gasteiger partial charge in [0, 0.05) is 5.57 Å². The predicted molar refractivity (Wildman–Crippen MR) is 139 cm³/mol. The second-order valence-electron chi connectivity index (χ2n) is 9.91. The first-order valence-corrected chi connectivity index (χ1v) is 13.1. The van der Waals surface area contributed by atoms with Crippen LogP contribution in [0, 0.1) is 5.92 Å². The van der Waals surface area contributed by atoms with E-state index in [-0.39, 0.29) is 49.9 Å². The van der Waals surface area contributed by atoms with Crippen LogP contribution in [0.4, 0.5) is 0 Å². The summed E-state index contributed by atoms with van der Waals surface area (Å²) in [6.07, 6.45) is 17.1. The van der Waals surface area contributed by atoms with Gasteiger partial charge in [-0.05, 0) is 46.0 Å². The van der Waals surface area contributed by atoms with Crippen LogP contribution in [0.1, 0.15) is 104 Å². The van der Waals surface area contributed by atoms with Gasteiger partial charge in [0.05, 0.1) is 12.5 Å². The molecule has 7 nitrogen and oxygen atoms in total. The number of aliphatic carboxylic acids is 1. The van der Waals surface area contributed by atoms with Crippen molar-refractivity contribution >= 4 is 49.7 Å². The molecular weight excluding hydrogens is 476 g/mol. The van der Waals surface area contributed by atoms with E-state index in [4.69, 9.17) is 14.2 Å². The Hall–Kier alpha value is -0.600. The van der Waals surface area contributed by atoms with Gasteiger partial charge in [0.1, 0.15) is 6.10 Å². The molecule has 0 aromatic carbocycles. The van der Waals surface area contributed by atoms with Gasteiger partial charge in [-0.3, -0.25) is 4.79 Å². The third-order valence-electron chi connectivity index (χ3n) is 6.55. The Morgan fingerprint density at radius 3 is 2.14 bits per heavy atom. The van der Waals surface area contributed by atoms with Crippen molar-refractivity contribution in [3.8, 4) is 0 Å². The van der Waals surface area contributed by atoms with Crippen LogP contribution >= 0.6 is 0 Å². The second kappa shape index (κ2) is 17.0. The zero-order valence-corrected chi connectivity index (χ0v) is 21.2. The van der Waals surface area contributed by atoms with E-state index in [1.54, 1.807) is 13.8 Å². The van der Waals surface area contributed by atoms with E-state index >= 15 is 0 Å². The van der Waals surface area contributed by atoms with Crippen LogP contribution in [0.5, 0.6) is 0 Å². The fourth-order valence-corrected chi connectivity index (χ4v) is 4.65. The molecule has 0 spiro atoms. The van der Waals surface area contributed by atoms with Gasteiger partial charge >= 0.3 is 49.7 Å². The summed E-state index contributed by atoms with van der Waals surface area (Å²) in [5.74, 6) is -4.39. The molecule has 198 valence electrons. The SMILES string of the molecule is CCCCCCCC/C=C\CCCCCCC(C(=O)O)C1=C(O)C(=O)OC1C1COC(C)(C)O1.[CaH2]. The Morgan fingerprint density at radius 1 is 1.03 bits per heavy atom. The van der Waals surface area contributed by atoms with Crippen molar-refractivity contribution in [1.82, 2.24) is 0 Å². The number of aliphatic hydroxyl groups excluding tert-OH is 1. The predicted octanol–water partition coefficient (Wildman–Crippen LogP) is 5.31. The molecule has 2 heterocycles. The number of hydrogen-bond donors (Lipinski definition) is 2. The summed E-state index contributed by atoms with van der Waals surface area (Å²) in [7, 11) is 0. The average Bonchev–Trinajstić information content (AvgIpc) is 3.29. The molecule has 8 heteroatoms. The molecule has 2 aliphatic heterocycles. The van der Waals surface area contributed by atoms with Crippen LogP contribution in [-0.2, 0) is 23.8 Å². The summed E-state index contributed by atoms with van der Waals surface area (Å²) < 4.78 is 16.6. The van der Waals surface area contributed by atoms with Crippen molar-refractivity contribution in [1.29, 1.82) is 0 Å². The molecule has 3 atom stereocenters. The summed E-state index contributed by atoms with van der Waals surface area (Å²) in [6, 6.07) is 0. The number of allylic oxidation sites excluding steroid dienone is 2. The first-order chi connectivity index (χ1) is 16.3. The first kappa shape index (κ1) is 32.4. The van der Waals surface area contributed by atoms with E-state index in [0.29, 0.717) is 12.8 Å². The summed E-state index contributed by atoms with van der Waals surface area (Å²) in [4.78, 5) is 24.0. The molecule has 2 rings (SSSR count). The molecule has 0 amide bonds. The summed E-state index contributed by atoms with van der Waals surface area (Å²) in [5, 5.41) is 20.1. The van der Waals surface area contributed by atoms with E-state index in [1.165, 1.54) is 38.5 Å². The Kier molecular flexibility index (Phi) is 15.8. The van der Waals surface area contributed by atoms with E-state index in [1.807, 2.05) is 0 Å². The van der Waals surface area contributed by atoms with Crippen molar-refractivity contribution in [2.45, 2.75) is 122 Å². The van der Waals surface area contributed by atoms with Crippen LogP contribution in [0.15, 0.2) is 23.5 Å². The zero-order chi connectivity index (χ0) is 25.0. The molecule has 0 aromatic rings. The molecule has 0 bridgehead atoms. The van der Waals surface area contributed by atoms with Gasteiger partial charge in [0.15, 0.2) is 11.9 Å². The van der Waals surface area contributed by atoms with Gasteiger partial charge in [-0.1, -0.05) is 70.4 Å². The van der Waals surface area contributed by atoms with Crippen molar-refractivity contribution in [2.75, 3.05) is 6.61 Å². The molecule has 35 heavy (non-hydrogen) atoms. The minimum atomic E-state index is -1.07. The summed E-state index contributed by atoms with van der Waals surface area (Å²) in [5.41, 5.74) is 0.112. The quantitative estimate of drug-likeness (QED) is 0.116. The number of unbranched alkanes of at least 4 members (excludes halogenated alkanes) is 10. The van der Waals surface area contributed by atoms with Gasteiger partial charge in [-0.2, -0.15) is 0 Å². The number of esters is 1. The standard InChI is InChI=1S/C27H44O7.Ca.2H/c1-4-5-6-7-8-9-10-11-12-13-14-15-16-17-18-20(25(29)30)22-23(28)26(31)33-24(22)21-19-32-27(2,3)34-21;;;/h11-12,20-21,24,28H,4-10,13-19H2,1-3H3,(H,29,30);;;/b12-11-;;;. The van der Waals surface area contributed by atoms with Gasteiger partial charge in [0.25, 0.3) is 0 Å². The number of carboxylic acids is 1. The normalized spacial score (nSPS) is 22.4. The van der Waals surface area contributed by atoms with Crippen LogP contribution in [-0.4, -0.2) is 84.5 Å². The number of ether oxygens (including phenoxy) is 3. The molecule has 0 aromatic heterocycles. The topological polar surface area (TPSA) is 102 Å². The molecule has 0 saturated carbocycles. The first-order valence-electron chi connectivity index (χ1n) is 13.1. The van der Waals surface area contributed by atoms with E-state index in [0.717, 1.165) is 32.1 Å². The molecule has 1 saturated heterocycles. The van der Waals surface area contributed by atoms with E-state index in [9.17, 15) is 19.8 Å². The third kappa shape index (κ3) is 11.1. The van der Waals surface area contributed by atoms with Crippen molar-refractivity contribution < 1.29 is 34.0 Å². The molecule has 2 N–H and O–H groups in total. The number of carboxylic acid groups (broad SMARTS) is 1. The Bertz CT molecular complexity index is 716. The molecule has 0 aliphatic carbocycles. The number of rotatable bonds is 17. The summed E-state index contributed by atoms with van der Waals surface area (Å²) >= 11 is 0. The van der Waals surface area contributed by atoms with E-state index in [2.05, 4.69) is 19.1 Å². The molecular formula is C27H46CaO7. The van der Waals surface area contributed by atoms with Gasteiger partial charge in [-0.15, -0.1) is 0 Å². The molecule has 2 aliphatic rings. The number of hydrogen-bond acceptors (Lipinski definition) is 6. The van der Waals surface area contributed by atoms with Crippen LogP contribution < -0.4 is 0 Å². The second-order valence-corrected chi connectivity index (χ2v) is 9.91. The Morgan fingerprint density at radius 2 is 1.60 bits per heavy atom. The molecule has 3 unspecified atom stereocenters. The monoisotopic (exact) mass is 522 g/mol. The minimum absolute atomic E-state index is 0. The van der Waals surface area contributed by atoms with Crippen LogP contribution in [0.25, 0.3) is 0 Å². The maximum atomic E-state index is 12.0. The Labute approximate surface area is 240 Å². The van der Waals surface area contributed by atoms with Gasteiger partial charge in [-0.25, -0.2) is 4.79 Å². The number of carbonyl (C=O) groups excluding carboxylic acids is 1. The zero-order valence-electron chi connectivity index (χ0n) is 21.2. The van der Waals surface area contributed by atoms with Crippen molar-refractivity contribution in [3.63, 3.8) is 0 Å². The maximum absolute atomic E-state index is 12.0. The number of cyclic esters (lactones) is 1. The third-order valence-corrected chi connectivity index (χ3v) is 6.55. The van der Waals surface area contributed by atoms with Gasteiger partial charge < -0.3 is 24.4 Å². The van der Waals surface area contributed by atoms with Crippen molar-refractivity contribution in [3.05, 3.63) is 23.5 Å². The molecule has 1 fully saturated rings. The average molecular weight is 523 g/mol. The Balaban J connectivity index is 0.00000612. The fraction of sp³-hybridized carbons (Fsp3) is 0.778. The van der Waals surface area contributed by atoms with Crippen LogP contribution in [0.3, 0.4) is 0 Å². The number of carbonyl (C=O) groups is 2. The number of aliphatic hydroxyl groups is 1. The van der Waals surface area contributed by atoms with Gasteiger partial charge in [0.2, 0.25) is 5.76 Å². The summed E-state index contributed by atoms with van der Waals surface area (Å²) in [6.45, 7) is 5.89.